The van der Waals surface area contributed by atoms with E-state index in [2.05, 4.69) is 21.2 Å². The molecule has 0 saturated heterocycles. The summed E-state index contributed by atoms with van der Waals surface area (Å²) >= 11 is 3.39. The van der Waals surface area contributed by atoms with Crippen LogP contribution in [0.5, 0.6) is 5.75 Å². The van der Waals surface area contributed by atoms with E-state index in [4.69, 9.17) is 4.74 Å². The van der Waals surface area contributed by atoms with Gasteiger partial charge in [0.15, 0.2) is 0 Å². The monoisotopic (exact) mass is 633 g/mol. The number of anilines is 1. The Morgan fingerprint density at radius 3 is 2.17 bits per heavy atom. The average molecular weight is 635 g/mol. The van der Waals surface area contributed by atoms with Crippen molar-refractivity contribution in [1.82, 2.24) is 10.2 Å². The Morgan fingerprint density at radius 2 is 1.60 bits per heavy atom. The van der Waals surface area contributed by atoms with Gasteiger partial charge in [0.2, 0.25) is 11.8 Å². The van der Waals surface area contributed by atoms with Gasteiger partial charge in [-0.1, -0.05) is 35.0 Å². The number of nitrogens with zero attached hydrogens (tertiary/aromatic N) is 2. The summed E-state index contributed by atoms with van der Waals surface area (Å²) in [4.78, 5) is 27.9. The van der Waals surface area contributed by atoms with Crippen LogP contribution in [0.15, 0.2) is 82.2 Å². The van der Waals surface area contributed by atoms with Crippen LogP contribution in [0.2, 0.25) is 0 Å². The highest BCUT2D eigenvalue weighted by Gasteiger charge is 2.32. The summed E-state index contributed by atoms with van der Waals surface area (Å²) in [7, 11) is -4.29. The fourth-order valence-electron chi connectivity index (χ4n) is 3.90. The zero-order chi connectivity index (χ0) is 29.3. The Kier molecular flexibility index (Phi) is 11.1. The van der Waals surface area contributed by atoms with E-state index < -0.39 is 34.3 Å². The molecule has 0 aliphatic heterocycles. The van der Waals surface area contributed by atoms with Crippen LogP contribution in [0.25, 0.3) is 0 Å². The minimum atomic E-state index is -4.29. The number of amides is 2. The number of carbonyl (C=O) groups excluding carboxylic acids is 2. The van der Waals surface area contributed by atoms with Crippen molar-refractivity contribution in [2.24, 2.45) is 0 Å². The molecule has 0 aromatic heterocycles. The lowest BCUT2D eigenvalue weighted by atomic mass is 10.1. The van der Waals surface area contributed by atoms with Crippen molar-refractivity contribution in [3.05, 3.63) is 88.6 Å². The summed E-state index contributed by atoms with van der Waals surface area (Å²) in [5.41, 5.74) is 0.980. The lowest BCUT2D eigenvalue weighted by molar-refractivity contribution is -0.139. The normalized spacial score (nSPS) is 11.9. The first kappa shape index (κ1) is 31.1. The number of sulfonamides is 1. The number of ether oxygens (including phenoxy) is 1. The minimum Gasteiger partial charge on any atom is -0.494 e. The molecule has 0 fully saturated rings. The number of hydrogen-bond acceptors (Lipinski definition) is 5. The Labute approximate surface area is 243 Å². The number of nitrogens with one attached hydrogen (secondary N) is 1. The van der Waals surface area contributed by atoms with Crippen molar-refractivity contribution in [3.8, 4) is 5.75 Å². The molecule has 0 saturated carbocycles. The molecule has 11 heteroatoms. The van der Waals surface area contributed by atoms with E-state index in [1.807, 2.05) is 38.1 Å². The van der Waals surface area contributed by atoms with Gasteiger partial charge in [0.25, 0.3) is 10.0 Å². The van der Waals surface area contributed by atoms with Crippen LogP contribution < -0.4 is 14.4 Å². The Hall–Kier alpha value is -3.44. The average Bonchev–Trinajstić information content (AvgIpc) is 2.94. The van der Waals surface area contributed by atoms with Crippen molar-refractivity contribution in [3.63, 3.8) is 0 Å². The van der Waals surface area contributed by atoms with Gasteiger partial charge in [-0.2, -0.15) is 0 Å². The SMILES string of the molecule is CCCNC(=O)[C@@H](C)N(Cc1ccc(Br)cc1)C(=O)CN(c1ccc(OCC)cc1)S(=O)(=O)c1ccc(F)cc1. The van der Waals surface area contributed by atoms with E-state index in [-0.39, 0.29) is 23.0 Å². The van der Waals surface area contributed by atoms with Gasteiger partial charge in [0, 0.05) is 17.6 Å². The van der Waals surface area contributed by atoms with Gasteiger partial charge in [0.05, 0.1) is 17.2 Å². The van der Waals surface area contributed by atoms with Crippen molar-refractivity contribution in [2.75, 3.05) is 24.0 Å². The molecule has 0 heterocycles. The number of halogens is 2. The number of hydrogen-bond donors (Lipinski definition) is 1. The van der Waals surface area contributed by atoms with Crippen LogP contribution >= 0.6 is 15.9 Å². The van der Waals surface area contributed by atoms with Crippen LogP contribution in [0.4, 0.5) is 10.1 Å². The van der Waals surface area contributed by atoms with Crippen LogP contribution in [-0.4, -0.2) is 50.9 Å². The molecule has 1 atom stereocenters. The summed E-state index contributed by atoms with van der Waals surface area (Å²) in [6.07, 6.45) is 0.723. The largest absolute Gasteiger partial charge is 0.494 e. The van der Waals surface area contributed by atoms with Crippen LogP contribution in [0.1, 0.15) is 32.8 Å². The van der Waals surface area contributed by atoms with E-state index in [1.165, 1.54) is 17.0 Å². The Bertz CT molecular complexity index is 1380. The van der Waals surface area contributed by atoms with Crippen molar-refractivity contribution >= 4 is 43.5 Å². The quantitative estimate of drug-likeness (QED) is 0.282. The van der Waals surface area contributed by atoms with Gasteiger partial charge >= 0.3 is 0 Å². The van der Waals surface area contributed by atoms with Gasteiger partial charge in [-0.05, 0) is 86.5 Å². The highest BCUT2D eigenvalue weighted by atomic mass is 79.9. The molecule has 3 aromatic rings. The summed E-state index contributed by atoms with van der Waals surface area (Å²) in [6.45, 7) is 5.73. The second kappa shape index (κ2) is 14.3. The van der Waals surface area contributed by atoms with E-state index in [9.17, 15) is 22.4 Å². The summed E-state index contributed by atoms with van der Waals surface area (Å²) < 4.78 is 48.4. The maximum absolute atomic E-state index is 13.9. The summed E-state index contributed by atoms with van der Waals surface area (Å²) in [6, 6.07) is 17.1. The molecule has 214 valence electrons. The summed E-state index contributed by atoms with van der Waals surface area (Å²) in [5.74, 6) is -0.979. The lowest BCUT2D eigenvalue weighted by Gasteiger charge is -2.32. The van der Waals surface area contributed by atoms with Gasteiger partial charge < -0.3 is 15.0 Å². The van der Waals surface area contributed by atoms with E-state index in [0.717, 1.165) is 45.0 Å². The molecule has 1 N–H and O–H groups in total. The first-order valence-electron chi connectivity index (χ1n) is 12.9. The van der Waals surface area contributed by atoms with Crippen molar-refractivity contribution in [2.45, 2.75) is 44.7 Å². The molecule has 0 aliphatic rings. The molecule has 2 amide bonds. The lowest BCUT2D eigenvalue weighted by Crippen LogP contribution is -2.51. The van der Waals surface area contributed by atoms with Crippen LogP contribution in [0.3, 0.4) is 0 Å². The molecule has 0 spiro atoms. The highest BCUT2D eigenvalue weighted by Crippen LogP contribution is 2.27. The minimum absolute atomic E-state index is 0.0839. The third-order valence-corrected chi connectivity index (χ3v) is 8.42. The van der Waals surface area contributed by atoms with Gasteiger partial charge in [-0.25, -0.2) is 12.8 Å². The fraction of sp³-hybridized carbons (Fsp3) is 0.310. The Balaban J connectivity index is 2.01. The molecule has 3 aromatic carbocycles. The van der Waals surface area contributed by atoms with Crippen LogP contribution in [0, 0.1) is 5.82 Å². The Morgan fingerprint density at radius 1 is 0.975 bits per heavy atom. The second-order valence-corrected chi connectivity index (χ2v) is 11.8. The number of benzene rings is 3. The van der Waals surface area contributed by atoms with Crippen molar-refractivity contribution in [1.29, 1.82) is 0 Å². The number of rotatable bonds is 13. The zero-order valence-electron chi connectivity index (χ0n) is 22.6. The predicted octanol–water partition coefficient (Wildman–Crippen LogP) is 5.13. The standard InChI is InChI=1S/C29H33BrFN3O5S/c1-4-18-32-29(36)21(3)33(19-22-6-8-23(30)9-7-22)28(35)20-34(25-12-14-26(15-13-25)39-5-2)40(37,38)27-16-10-24(31)11-17-27/h6-17,21H,4-5,18-20H2,1-3H3,(H,32,36)/t21-/m1/s1. The second-order valence-electron chi connectivity index (χ2n) is 9.01. The third kappa shape index (κ3) is 8.04. The smallest absolute Gasteiger partial charge is 0.264 e. The molecule has 40 heavy (non-hydrogen) atoms. The van der Waals surface area contributed by atoms with Crippen LogP contribution in [-0.2, 0) is 26.2 Å². The molecule has 3 rings (SSSR count). The number of carbonyl (C=O) groups is 2. The molecule has 0 aliphatic carbocycles. The maximum Gasteiger partial charge on any atom is 0.264 e. The topological polar surface area (TPSA) is 96.0 Å². The highest BCUT2D eigenvalue weighted by molar-refractivity contribution is 9.10. The fourth-order valence-corrected chi connectivity index (χ4v) is 5.58. The summed E-state index contributed by atoms with van der Waals surface area (Å²) in [5, 5.41) is 2.81. The molecule has 0 radical (unpaired) electrons. The molecule has 0 unspecified atom stereocenters. The van der Waals surface area contributed by atoms with Gasteiger partial charge in [0.1, 0.15) is 24.2 Å². The van der Waals surface area contributed by atoms with Gasteiger partial charge in [-0.3, -0.25) is 13.9 Å². The van der Waals surface area contributed by atoms with Crippen molar-refractivity contribution < 1.29 is 27.1 Å². The predicted molar refractivity (Wildman–Crippen MR) is 156 cm³/mol. The first-order chi connectivity index (χ1) is 19.1. The molecular formula is C29H33BrFN3O5S. The zero-order valence-corrected chi connectivity index (χ0v) is 25.0. The van der Waals surface area contributed by atoms with E-state index in [0.29, 0.717) is 18.9 Å². The van der Waals surface area contributed by atoms with E-state index >= 15 is 0 Å². The van der Waals surface area contributed by atoms with E-state index in [1.54, 1.807) is 19.1 Å². The first-order valence-corrected chi connectivity index (χ1v) is 15.1. The molecular weight excluding hydrogens is 601 g/mol. The van der Waals surface area contributed by atoms with Gasteiger partial charge in [-0.15, -0.1) is 0 Å². The molecule has 0 bridgehead atoms. The third-order valence-electron chi connectivity index (χ3n) is 6.10. The maximum atomic E-state index is 13.9. The molecule has 8 nitrogen and oxygen atoms in total.